The molecule has 0 bridgehead atoms. The van der Waals surface area contributed by atoms with E-state index in [1.54, 1.807) is 0 Å². The molecule has 0 unspecified atom stereocenters. The van der Waals surface area contributed by atoms with Crippen molar-refractivity contribution in [2.75, 3.05) is 0 Å². The van der Waals surface area contributed by atoms with Crippen molar-refractivity contribution in [3.63, 3.8) is 0 Å². The molecule has 0 N–H and O–H groups in total. The molecule has 0 spiro atoms. The predicted octanol–water partition coefficient (Wildman–Crippen LogP) is 4.04. The Morgan fingerprint density at radius 1 is 0.944 bits per heavy atom. The largest absolute Gasteiger partial charge is 0.294 e. The summed E-state index contributed by atoms with van der Waals surface area (Å²) in [6.07, 6.45) is 0.482. The van der Waals surface area contributed by atoms with Gasteiger partial charge in [-0.2, -0.15) is 0 Å². The smallest absolute Gasteiger partial charge is 0.167 e. The maximum atomic E-state index is 12.3. The van der Waals surface area contributed by atoms with Gasteiger partial charge in [-0.3, -0.25) is 4.79 Å². The van der Waals surface area contributed by atoms with Crippen molar-refractivity contribution in [2.45, 2.75) is 27.2 Å². The van der Waals surface area contributed by atoms with E-state index in [1.807, 2.05) is 57.2 Å². The predicted molar refractivity (Wildman–Crippen MR) is 75.1 cm³/mol. The lowest BCUT2D eigenvalue weighted by molar-refractivity contribution is 0.0992. The van der Waals surface area contributed by atoms with Crippen LogP contribution in [0.1, 0.15) is 32.6 Å². The maximum Gasteiger partial charge on any atom is 0.167 e. The average Bonchev–Trinajstić information content (AvgIpc) is 2.31. The summed E-state index contributed by atoms with van der Waals surface area (Å²) in [5.74, 6) is 0.191. The fraction of sp³-hybridized carbons (Fsp3) is 0.235. The zero-order valence-corrected chi connectivity index (χ0v) is 11.2. The normalized spacial score (nSPS) is 10.4. The van der Waals surface area contributed by atoms with E-state index in [4.69, 9.17) is 0 Å². The van der Waals surface area contributed by atoms with E-state index < -0.39 is 0 Å². The van der Waals surface area contributed by atoms with E-state index in [0.717, 1.165) is 22.3 Å². The Kier molecular flexibility index (Phi) is 3.61. The Morgan fingerprint density at radius 2 is 1.56 bits per heavy atom. The van der Waals surface area contributed by atoms with Gasteiger partial charge in [-0.15, -0.1) is 0 Å². The molecule has 1 heteroatoms. The molecule has 0 amide bonds. The highest BCUT2D eigenvalue weighted by Gasteiger charge is 2.09. The van der Waals surface area contributed by atoms with Crippen molar-refractivity contribution in [1.29, 1.82) is 0 Å². The van der Waals surface area contributed by atoms with Crippen molar-refractivity contribution < 1.29 is 4.79 Å². The number of hydrogen-bond acceptors (Lipinski definition) is 1. The van der Waals surface area contributed by atoms with Crippen LogP contribution in [0.15, 0.2) is 42.5 Å². The lowest BCUT2D eigenvalue weighted by Gasteiger charge is -2.06. The highest BCUT2D eigenvalue weighted by Crippen LogP contribution is 2.14. The van der Waals surface area contributed by atoms with Gasteiger partial charge in [-0.25, -0.2) is 0 Å². The molecule has 0 saturated heterocycles. The molecule has 0 aromatic heterocycles. The van der Waals surface area contributed by atoms with E-state index in [2.05, 4.69) is 6.07 Å². The minimum Gasteiger partial charge on any atom is -0.294 e. The first-order valence-electron chi connectivity index (χ1n) is 6.22. The molecule has 92 valence electrons. The molecule has 0 fully saturated rings. The summed E-state index contributed by atoms with van der Waals surface area (Å²) in [5, 5.41) is 0. The van der Waals surface area contributed by atoms with E-state index in [0.29, 0.717) is 6.42 Å². The Morgan fingerprint density at radius 3 is 2.17 bits per heavy atom. The molecule has 0 aliphatic heterocycles. The van der Waals surface area contributed by atoms with Gasteiger partial charge in [-0.05, 0) is 44.0 Å². The number of ketones is 1. The van der Waals surface area contributed by atoms with Crippen LogP contribution in [0.3, 0.4) is 0 Å². The fourth-order valence-electron chi connectivity index (χ4n) is 2.22. The van der Waals surface area contributed by atoms with Crippen molar-refractivity contribution in [3.05, 3.63) is 70.3 Å². The number of hydrogen-bond donors (Lipinski definition) is 0. The van der Waals surface area contributed by atoms with Crippen molar-refractivity contribution >= 4 is 5.78 Å². The van der Waals surface area contributed by atoms with Crippen LogP contribution in [0.2, 0.25) is 0 Å². The maximum absolute atomic E-state index is 12.3. The van der Waals surface area contributed by atoms with Crippen LogP contribution in [-0.4, -0.2) is 5.78 Å². The molecule has 0 radical (unpaired) electrons. The third-order valence-electron chi connectivity index (χ3n) is 3.16. The molecule has 2 aromatic rings. The molecule has 0 atom stereocenters. The third kappa shape index (κ3) is 2.86. The second kappa shape index (κ2) is 5.18. The third-order valence-corrected chi connectivity index (χ3v) is 3.16. The lowest BCUT2D eigenvalue weighted by Crippen LogP contribution is -2.05. The van der Waals surface area contributed by atoms with Gasteiger partial charge in [0, 0.05) is 12.0 Å². The van der Waals surface area contributed by atoms with Crippen LogP contribution in [0.25, 0.3) is 0 Å². The summed E-state index contributed by atoms with van der Waals surface area (Å²) in [7, 11) is 0. The minimum atomic E-state index is 0.191. The van der Waals surface area contributed by atoms with Gasteiger partial charge in [0.05, 0.1) is 0 Å². The van der Waals surface area contributed by atoms with E-state index in [-0.39, 0.29) is 5.78 Å². The zero-order chi connectivity index (χ0) is 13.1. The summed E-state index contributed by atoms with van der Waals surface area (Å²) in [6, 6.07) is 14.1. The van der Waals surface area contributed by atoms with Gasteiger partial charge >= 0.3 is 0 Å². The summed E-state index contributed by atoms with van der Waals surface area (Å²) < 4.78 is 0. The first-order chi connectivity index (χ1) is 8.56. The van der Waals surface area contributed by atoms with E-state index in [1.165, 1.54) is 5.56 Å². The van der Waals surface area contributed by atoms with Crippen molar-refractivity contribution in [1.82, 2.24) is 0 Å². The molecule has 2 aromatic carbocycles. The second-order valence-corrected chi connectivity index (χ2v) is 4.90. The first kappa shape index (κ1) is 12.6. The van der Waals surface area contributed by atoms with Crippen LogP contribution in [0.5, 0.6) is 0 Å². The minimum absolute atomic E-state index is 0.191. The second-order valence-electron chi connectivity index (χ2n) is 4.90. The summed E-state index contributed by atoms with van der Waals surface area (Å²) in [4.78, 5) is 12.3. The zero-order valence-electron chi connectivity index (χ0n) is 11.2. The summed E-state index contributed by atoms with van der Waals surface area (Å²) >= 11 is 0. The van der Waals surface area contributed by atoms with E-state index in [9.17, 15) is 4.79 Å². The van der Waals surface area contributed by atoms with Gasteiger partial charge < -0.3 is 0 Å². The van der Waals surface area contributed by atoms with E-state index >= 15 is 0 Å². The fourth-order valence-corrected chi connectivity index (χ4v) is 2.22. The molecular formula is C17H18O. The van der Waals surface area contributed by atoms with Gasteiger partial charge in [0.2, 0.25) is 0 Å². The number of carbonyl (C=O) groups excluding carboxylic acids is 1. The molecule has 1 nitrogen and oxygen atoms in total. The Bertz CT molecular complexity index is 562. The molecule has 0 heterocycles. The van der Waals surface area contributed by atoms with Crippen LogP contribution in [-0.2, 0) is 6.42 Å². The van der Waals surface area contributed by atoms with Crippen LogP contribution in [0, 0.1) is 20.8 Å². The van der Waals surface area contributed by atoms with Gasteiger partial charge in [0.1, 0.15) is 0 Å². The number of Topliss-reactive ketones (excluding diaryl/α,β-unsaturated/α-hetero) is 1. The topological polar surface area (TPSA) is 17.1 Å². The van der Waals surface area contributed by atoms with Crippen LogP contribution in [0.4, 0.5) is 0 Å². The van der Waals surface area contributed by atoms with Crippen molar-refractivity contribution in [2.24, 2.45) is 0 Å². The lowest BCUT2D eigenvalue weighted by atomic mass is 9.97. The van der Waals surface area contributed by atoms with Gasteiger partial charge in [0.15, 0.2) is 5.78 Å². The molecule has 0 saturated carbocycles. The molecule has 2 rings (SSSR count). The quantitative estimate of drug-likeness (QED) is 0.738. The number of rotatable bonds is 3. The standard InChI is InChI=1S/C17H18O/c1-12-8-13(2)10-16(9-12)17(18)11-15-7-5-4-6-14(15)3/h4-10H,11H2,1-3H3. The number of aryl methyl sites for hydroxylation is 3. The molecule has 0 aliphatic carbocycles. The Hall–Kier alpha value is -1.89. The van der Waals surface area contributed by atoms with Crippen LogP contribution < -0.4 is 0 Å². The Labute approximate surface area is 108 Å². The summed E-state index contributed by atoms with van der Waals surface area (Å²) in [6.45, 7) is 6.10. The molecule has 0 aliphatic rings. The number of carbonyl (C=O) groups is 1. The molecular weight excluding hydrogens is 220 g/mol. The first-order valence-corrected chi connectivity index (χ1v) is 6.22. The number of benzene rings is 2. The van der Waals surface area contributed by atoms with Crippen molar-refractivity contribution in [3.8, 4) is 0 Å². The highest BCUT2D eigenvalue weighted by atomic mass is 16.1. The average molecular weight is 238 g/mol. The summed E-state index contributed by atoms with van der Waals surface area (Å²) in [5.41, 5.74) is 5.39. The van der Waals surface area contributed by atoms with Gasteiger partial charge in [0.25, 0.3) is 0 Å². The van der Waals surface area contributed by atoms with Crippen LogP contribution >= 0.6 is 0 Å². The monoisotopic (exact) mass is 238 g/mol. The SMILES string of the molecule is Cc1cc(C)cc(C(=O)Cc2ccccc2C)c1. The Balaban J connectivity index is 2.25. The molecule has 18 heavy (non-hydrogen) atoms. The van der Waals surface area contributed by atoms with Gasteiger partial charge in [-0.1, -0.05) is 41.5 Å². The highest BCUT2D eigenvalue weighted by molar-refractivity contribution is 5.98.